The minimum Gasteiger partial charge on any atom is -0.302 e. The number of nitrogens with one attached hydrogen (secondary N) is 1. The summed E-state index contributed by atoms with van der Waals surface area (Å²) in [4.78, 5) is 24.6. The van der Waals surface area contributed by atoms with E-state index in [0.29, 0.717) is 16.7 Å². The molecule has 0 bridgehead atoms. The Hall–Kier alpha value is -1.82. The molecule has 0 unspecified atom stereocenters. The van der Waals surface area contributed by atoms with E-state index < -0.39 is 0 Å². The number of carbonyl (C=O) groups excluding carboxylic acids is 1. The Labute approximate surface area is 115 Å². The highest BCUT2D eigenvalue weighted by Gasteiger charge is 2.26. The second kappa shape index (κ2) is 5.05. The van der Waals surface area contributed by atoms with E-state index in [-0.39, 0.29) is 12.3 Å². The van der Waals surface area contributed by atoms with Crippen LogP contribution in [0.3, 0.4) is 0 Å². The Balaban J connectivity index is 1.59. The van der Waals surface area contributed by atoms with Crippen molar-refractivity contribution in [3.63, 3.8) is 0 Å². The molecule has 0 aromatic carbocycles. The van der Waals surface area contributed by atoms with Crippen LogP contribution in [0.1, 0.15) is 35.8 Å². The largest absolute Gasteiger partial charge is 0.302 e. The standard InChI is InChI=1S/C13H14N4OS/c1-8-5-15-10(6-14-8)4-12(18)17-13-16-11(7-19-13)9-2-3-9/h5-7,9H,2-4H2,1H3,(H,16,17,18). The lowest BCUT2D eigenvalue weighted by Gasteiger charge is -2.01. The summed E-state index contributed by atoms with van der Waals surface area (Å²) in [7, 11) is 0. The number of nitrogens with zero attached hydrogens (tertiary/aromatic N) is 3. The number of carbonyl (C=O) groups is 1. The summed E-state index contributed by atoms with van der Waals surface area (Å²) in [5, 5.41) is 5.51. The van der Waals surface area contributed by atoms with Gasteiger partial charge in [0.15, 0.2) is 5.13 Å². The highest BCUT2D eigenvalue weighted by Crippen LogP contribution is 2.40. The zero-order chi connectivity index (χ0) is 13.2. The molecule has 98 valence electrons. The van der Waals surface area contributed by atoms with Crippen molar-refractivity contribution in [1.82, 2.24) is 15.0 Å². The molecule has 1 fully saturated rings. The molecule has 2 aromatic heterocycles. The third-order valence-electron chi connectivity index (χ3n) is 2.94. The van der Waals surface area contributed by atoms with E-state index in [0.717, 1.165) is 11.4 Å². The van der Waals surface area contributed by atoms with Crippen LogP contribution in [0.15, 0.2) is 17.8 Å². The van der Waals surface area contributed by atoms with Gasteiger partial charge in [-0.3, -0.25) is 14.8 Å². The Bertz CT molecular complexity index is 589. The first kappa shape index (κ1) is 12.2. The average molecular weight is 274 g/mol. The normalized spacial score (nSPS) is 14.4. The summed E-state index contributed by atoms with van der Waals surface area (Å²) in [5.74, 6) is 0.514. The van der Waals surface area contributed by atoms with Gasteiger partial charge in [-0.1, -0.05) is 0 Å². The predicted molar refractivity (Wildman–Crippen MR) is 73.2 cm³/mol. The molecule has 0 saturated heterocycles. The summed E-state index contributed by atoms with van der Waals surface area (Å²) in [6.07, 6.45) is 5.96. The summed E-state index contributed by atoms with van der Waals surface area (Å²) < 4.78 is 0. The molecule has 1 saturated carbocycles. The fraction of sp³-hybridized carbons (Fsp3) is 0.385. The Morgan fingerprint density at radius 3 is 2.95 bits per heavy atom. The van der Waals surface area contributed by atoms with Gasteiger partial charge in [0.25, 0.3) is 0 Å². The van der Waals surface area contributed by atoms with Gasteiger partial charge in [-0.25, -0.2) is 4.98 Å². The molecule has 2 aromatic rings. The number of aryl methyl sites for hydroxylation is 1. The van der Waals surface area contributed by atoms with E-state index in [1.54, 1.807) is 12.4 Å². The van der Waals surface area contributed by atoms with Gasteiger partial charge in [-0.15, -0.1) is 11.3 Å². The molecule has 1 aliphatic rings. The number of anilines is 1. The second-order valence-corrected chi connectivity index (χ2v) is 5.58. The number of thiazole rings is 1. The van der Waals surface area contributed by atoms with E-state index in [1.807, 2.05) is 12.3 Å². The number of hydrogen-bond acceptors (Lipinski definition) is 5. The first-order valence-electron chi connectivity index (χ1n) is 6.23. The maximum absolute atomic E-state index is 11.8. The van der Waals surface area contributed by atoms with Crippen LogP contribution in [0.25, 0.3) is 0 Å². The minimum atomic E-state index is -0.102. The third kappa shape index (κ3) is 3.14. The van der Waals surface area contributed by atoms with Gasteiger partial charge in [0.2, 0.25) is 5.91 Å². The monoisotopic (exact) mass is 274 g/mol. The van der Waals surface area contributed by atoms with E-state index in [1.165, 1.54) is 24.2 Å². The van der Waals surface area contributed by atoms with Crippen molar-refractivity contribution >= 4 is 22.4 Å². The smallest absolute Gasteiger partial charge is 0.232 e. The highest BCUT2D eigenvalue weighted by atomic mass is 32.1. The van der Waals surface area contributed by atoms with Gasteiger partial charge >= 0.3 is 0 Å². The number of hydrogen-bond donors (Lipinski definition) is 1. The van der Waals surface area contributed by atoms with Crippen molar-refractivity contribution in [2.45, 2.75) is 32.1 Å². The zero-order valence-electron chi connectivity index (χ0n) is 10.6. The maximum Gasteiger partial charge on any atom is 0.232 e. The molecule has 6 heteroatoms. The number of aromatic nitrogens is 3. The molecule has 0 radical (unpaired) electrons. The van der Waals surface area contributed by atoms with Gasteiger partial charge in [-0.05, 0) is 19.8 Å². The van der Waals surface area contributed by atoms with Crippen molar-refractivity contribution in [3.8, 4) is 0 Å². The van der Waals surface area contributed by atoms with Crippen LogP contribution in [0, 0.1) is 6.92 Å². The fourth-order valence-electron chi connectivity index (χ4n) is 1.75. The molecule has 3 rings (SSSR count). The summed E-state index contributed by atoms with van der Waals surface area (Å²) in [6.45, 7) is 1.87. The Morgan fingerprint density at radius 2 is 2.26 bits per heavy atom. The Morgan fingerprint density at radius 1 is 1.42 bits per heavy atom. The molecule has 1 N–H and O–H groups in total. The topological polar surface area (TPSA) is 67.8 Å². The molecule has 5 nitrogen and oxygen atoms in total. The molecular weight excluding hydrogens is 260 g/mol. The van der Waals surface area contributed by atoms with Gasteiger partial charge < -0.3 is 5.32 Å². The molecule has 1 aliphatic carbocycles. The van der Waals surface area contributed by atoms with Crippen LogP contribution in [0.4, 0.5) is 5.13 Å². The van der Waals surface area contributed by atoms with E-state index in [4.69, 9.17) is 0 Å². The van der Waals surface area contributed by atoms with E-state index in [9.17, 15) is 4.79 Å². The summed E-state index contributed by atoms with van der Waals surface area (Å²) in [6, 6.07) is 0. The first-order valence-corrected chi connectivity index (χ1v) is 7.11. The summed E-state index contributed by atoms with van der Waals surface area (Å²) in [5.41, 5.74) is 2.62. The maximum atomic E-state index is 11.8. The van der Waals surface area contributed by atoms with Crippen molar-refractivity contribution in [2.24, 2.45) is 0 Å². The molecule has 19 heavy (non-hydrogen) atoms. The highest BCUT2D eigenvalue weighted by molar-refractivity contribution is 7.13. The molecule has 0 spiro atoms. The van der Waals surface area contributed by atoms with Crippen LogP contribution in [-0.4, -0.2) is 20.9 Å². The SMILES string of the molecule is Cc1cnc(CC(=O)Nc2nc(C3CC3)cs2)cn1. The third-order valence-corrected chi connectivity index (χ3v) is 3.72. The van der Waals surface area contributed by atoms with E-state index >= 15 is 0 Å². The molecule has 2 heterocycles. The average Bonchev–Trinajstić information content (AvgIpc) is 3.14. The predicted octanol–water partition coefficient (Wildman–Crippen LogP) is 2.30. The van der Waals surface area contributed by atoms with Crippen molar-refractivity contribution in [3.05, 3.63) is 34.9 Å². The lowest BCUT2D eigenvalue weighted by atomic mass is 10.3. The van der Waals surface area contributed by atoms with E-state index in [2.05, 4.69) is 20.3 Å². The lowest BCUT2D eigenvalue weighted by Crippen LogP contribution is -2.15. The minimum absolute atomic E-state index is 0.102. The van der Waals surface area contributed by atoms with Gasteiger partial charge in [-0.2, -0.15) is 0 Å². The molecule has 1 amide bonds. The van der Waals surface area contributed by atoms with Crippen LogP contribution in [0.5, 0.6) is 0 Å². The molecule has 0 atom stereocenters. The van der Waals surface area contributed by atoms with Crippen molar-refractivity contribution < 1.29 is 4.79 Å². The van der Waals surface area contributed by atoms with Crippen LogP contribution in [0.2, 0.25) is 0 Å². The fourth-order valence-corrected chi connectivity index (χ4v) is 2.56. The zero-order valence-corrected chi connectivity index (χ0v) is 11.4. The van der Waals surface area contributed by atoms with Gasteiger partial charge in [0.1, 0.15) is 0 Å². The van der Waals surface area contributed by atoms with Crippen LogP contribution >= 0.6 is 11.3 Å². The number of amides is 1. The van der Waals surface area contributed by atoms with Crippen LogP contribution in [-0.2, 0) is 11.2 Å². The second-order valence-electron chi connectivity index (χ2n) is 4.73. The van der Waals surface area contributed by atoms with Gasteiger partial charge in [0.05, 0.1) is 23.5 Å². The van der Waals surface area contributed by atoms with Gasteiger partial charge in [0, 0.05) is 23.7 Å². The first-order chi connectivity index (χ1) is 9.20. The van der Waals surface area contributed by atoms with Crippen molar-refractivity contribution in [1.29, 1.82) is 0 Å². The van der Waals surface area contributed by atoms with Crippen molar-refractivity contribution in [2.75, 3.05) is 5.32 Å². The summed E-state index contributed by atoms with van der Waals surface area (Å²) >= 11 is 1.48. The quantitative estimate of drug-likeness (QED) is 0.929. The molecular formula is C13H14N4OS. The Kier molecular flexibility index (Phi) is 3.25. The van der Waals surface area contributed by atoms with Crippen LogP contribution < -0.4 is 5.32 Å². The lowest BCUT2D eigenvalue weighted by molar-refractivity contribution is -0.115. The molecule has 0 aliphatic heterocycles. The number of rotatable bonds is 4.